The number of para-hydroxylation sites is 1. The van der Waals surface area contributed by atoms with Gasteiger partial charge in [-0.2, -0.15) is 0 Å². The molecule has 1 aliphatic heterocycles. The molecule has 0 saturated heterocycles. The highest BCUT2D eigenvalue weighted by atomic mass is 16.1. The Morgan fingerprint density at radius 1 is 1.22 bits per heavy atom. The van der Waals surface area contributed by atoms with Crippen molar-refractivity contribution in [2.45, 2.75) is 6.04 Å². The Bertz CT molecular complexity index is 595. The van der Waals surface area contributed by atoms with Crippen molar-refractivity contribution in [3.63, 3.8) is 0 Å². The number of anilines is 2. The molecular weight excluding hydrogens is 226 g/mol. The van der Waals surface area contributed by atoms with Gasteiger partial charge in [-0.25, -0.2) is 9.97 Å². The number of aldehydes is 1. The van der Waals surface area contributed by atoms with Crippen LogP contribution in [0.1, 0.15) is 5.56 Å². The van der Waals surface area contributed by atoms with Crippen LogP contribution in [0.4, 0.5) is 11.5 Å². The van der Waals surface area contributed by atoms with E-state index in [2.05, 4.69) is 9.97 Å². The second-order valence-electron chi connectivity index (χ2n) is 3.99. The van der Waals surface area contributed by atoms with Crippen LogP contribution in [0.3, 0.4) is 0 Å². The lowest BCUT2D eigenvalue weighted by atomic mass is 10.1. The minimum atomic E-state index is -0.324. The summed E-state index contributed by atoms with van der Waals surface area (Å²) in [6.45, 7) is 0. The summed E-state index contributed by atoms with van der Waals surface area (Å²) in [5.41, 5.74) is 1.86. The molecule has 1 unspecified atom stereocenters. The number of fused-ring (bicyclic) bond motifs is 1. The fourth-order valence-electron chi connectivity index (χ4n) is 2.07. The zero-order valence-electron chi connectivity index (χ0n) is 9.60. The van der Waals surface area contributed by atoms with E-state index in [1.165, 1.54) is 6.33 Å². The van der Waals surface area contributed by atoms with Crippen molar-refractivity contribution in [1.29, 1.82) is 0 Å². The summed E-state index contributed by atoms with van der Waals surface area (Å²) in [5.74, 6) is 0.760. The fraction of sp³-hybridized carbons (Fsp3) is 0.0714. The van der Waals surface area contributed by atoms with Crippen molar-refractivity contribution >= 4 is 23.9 Å². The summed E-state index contributed by atoms with van der Waals surface area (Å²) in [7, 11) is 0. The molecule has 0 fully saturated rings. The minimum absolute atomic E-state index is 0.324. The van der Waals surface area contributed by atoms with Gasteiger partial charge in [-0.1, -0.05) is 30.4 Å². The van der Waals surface area contributed by atoms with Gasteiger partial charge in [-0.3, -0.25) is 0 Å². The Morgan fingerprint density at radius 2 is 2.06 bits per heavy atom. The number of hydrogen-bond donors (Lipinski definition) is 0. The van der Waals surface area contributed by atoms with Crippen LogP contribution in [0.5, 0.6) is 0 Å². The van der Waals surface area contributed by atoms with E-state index in [0.717, 1.165) is 23.4 Å². The van der Waals surface area contributed by atoms with Crippen LogP contribution in [-0.2, 0) is 4.79 Å². The van der Waals surface area contributed by atoms with E-state index in [9.17, 15) is 4.79 Å². The molecule has 4 nitrogen and oxygen atoms in total. The van der Waals surface area contributed by atoms with Gasteiger partial charge in [0, 0.05) is 17.4 Å². The van der Waals surface area contributed by atoms with Gasteiger partial charge in [-0.05, 0) is 12.1 Å². The number of carbonyl (C=O) groups excluding carboxylic acids is 1. The molecule has 0 N–H and O–H groups in total. The van der Waals surface area contributed by atoms with E-state index >= 15 is 0 Å². The average molecular weight is 237 g/mol. The highest BCUT2D eigenvalue weighted by molar-refractivity contribution is 5.83. The lowest BCUT2D eigenvalue weighted by Crippen LogP contribution is -2.33. The molecule has 88 valence electrons. The Balaban J connectivity index is 2.15. The van der Waals surface area contributed by atoms with Crippen molar-refractivity contribution in [3.05, 3.63) is 54.5 Å². The van der Waals surface area contributed by atoms with Crippen LogP contribution in [0.25, 0.3) is 6.08 Å². The van der Waals surface area contributed by atoms with E-state index < -0.39 is 0 Å². The zero-order valence-corrected chi connectivity index (χ0v) is 9.60. The number of nitrogens with zero attached hydrogens (tertiary/aromatic N) is 3. The van der Waals surface area contributed by atoms with E-state index in [4.69, 9.17) is 0 Å². The Kier molecular flexibility index (Phi) is 2.61. The molecule has 0 aliphatic carbocycles. The topological polar surface area (TPSA) is 46.1 Å². The van der Waals surface area contributed by atoms with Crippen LogP contribution in [0, 0.1) is 0 Å². The minimum Gasteiger partial charge on any atom is -0.312 e. The molecule has 0 amide bonds. The zero-order chi connectivity index (χ0) is 12.4. The molecule has 3 rings (SSSR count). The van der Waals surface area contributed by atoms with Gasteiger partial charge in [-0.15, -0.1) is 0 Å². The van der Waals surface area contributed by atoms with Crippen LogP contribution < -0.4 is 4.90 Å². The van der Waals surface area contributed by atoms with Crippen LogP contribution in [-0.4, -0.2) is 22.3 Å². The lowest BCUT2D eigenvalue weighted by Gasteiger charge is -2.31. The maximum atomic E-state index is 11.2. The Morgan fingerprint density at radius 3 is 2.83 bits per heavy atom. The molecule has 2 heterocycles. The van der Waals surface area contributed by atoms with Crippen molar-refractivity contribution < 1.29 is 4.79 Å². The fourth-order valence-corrected chi connectivity index (χ4v) is 2.07. The van der Waals surface area contributed by atoms with E-state index in [0.29, 0.717) is 0 Å². The van der Waals surface area contributed by atoms with Crippen LogP contribution in [0.2, 0.25) is 0 Å². The lowest BCUT2D eigenvalue weighted by molar-refractivity contribution is -0.108. The third kappa shape index (κ3) is 1.68. The SMILES string of the molecule is O=CC1C=Cc2cncnc2N1c1ccccc1. The molecule has 0 saturated carbocycles. The first kappa shape index (κ1) is 10.7. The number of carbonyl (C=O) groups is 1. The van der Waals surface area contributed by atoms with Crippen molar-refractivity contribution in [1.82, 2.24) is 9.97 Å². The predicted octanol–water partition coefficient (Wildman–Crippen LogP) is 2.21. The Labute approximate surface area is 105 Å². The first-order valence-corrected chi connectivity index (χ1v) is 5.68. The standard InChI is InChI=1S/C14H11N3O/c18-9-13-7-6-11-8-15-10-16-14(11)17(13)12-4-2-1-3-5-12/h1-10,13H. The van der Waals surface area contributed by atoms with Gasteiger partial charge in [0.2, 0.25) is 0 Å². The van der Waals surface area contributed by atoms with E-state index in [1.54, 1.807) is 6.20 Å². The third-order valence-corrected chi connectivity index (χ3v) is 2.89. The highest BCUT2D eigenvalue weighted by Gasteiger charge is 2.24. The third-order valence-electron chi connectivity index (χ3n) is 2.89. The molecular formula is C14H11N3O. The summed E-state index contributed by atoms with van der Waals surface area (Å²) in [5, 5.41) is 0. The smallest absolute Gasteiger partial charge is 0.146 e. The van der Waals surface area contributed by atoms with Crippen molar-refractivity contribution in [2.24, 2.45) is 0 Å². The maximum absolute atomic E-state index is 11.2. The predicted molar refractivity (Wildman–Crippen MR) is 69.5 cm³/mol. The van der Waals surface area contributed by atoms with Gasteiger partial charge in [0.1, 0.15) is 24.5 Å². The summed E-state index contributed by atoms with van der Waals surface area (Å²) in [4.78, 5) is 21.4. The molecule has 1 aromatic heterocycles. The molecule has 1 atom stereocenters. The quantitative estimate of drug-likeness (QED) is 0.751. The molecule has 0 radical (unpaired) electrons. The highest BCUT2D eigenvalue weighted by Crippen LogP contribution is 2.32. The van der Waals surface area contributed by atoms with Gasteiger partial charge < -0.3 is 9.69 Å². The number of hydrogen-bond acceptors (Lipinski definition) is 4. The van der Waals surface area contributed by atoms with Crippen molar-refractivity contribution in [2.75, 3.05) is 4.90 Å². The van der Waals surface area contributed by atoms with Crippen molar-refractivity contribution in [3.8, 4) is 0 Å². The number of rotatable bonds is 2. The Hall–Kier alpha value is -2.49. The summed E-state index contributed by atoms with van der Waals surface area (Å²) in [6.07, 6.45) is 7.89. The largest absolute Gasteiger partial charge is 0.312 e. The molecule has 4 heteroatoms. The first-order chi connectivity index (χ1) is 8.90. The van der Waals surface area contributed by atoms with Gasteiger partial charge in [0.15, 0.2) is 0 Å². The van der Waals surface area contributed by atoms with E-state index in [1.807, 2.05) is 47.4 Å². The van der Waals surface area contributed by atoms with Gasteiger partial charge in [0.25, 0.3) is 0 Å². The second kappa shape index (κ2) is 4.41. The molecule has 0 spiro atoms. The van der Waals surface area contributed by atoms with E-state index in [-0.39, 0.29) is 6.04 Å². The normalized spacial score (nSPS) is 17.3. The maximum Gasteiger partial charge on any atom is 0.146 e. The van der Waals surface area contributed by atoms with Crippen LogP contribution in [0.15, 0.2) is 48.9 Å². The first-order valence-electron chi connectivity index (χ1n) is 5.68. The summed E-state index contributed by atoms with van der Waals surface area (Å²) in [6, 6.07) is 9.42. The molecule has 18 heavy (non-hydrogen) atoms. The van der Waals surface area contributed by atoms with Gasteiger partial charge >= 0.3 is 0 Å². The van der Waals surface area contributed by atoms with Crippen LogP contribution >= 0.6 is 0 Å². The summed E-state index contributed by atoms with van der Waals surface area (Å²) < 4.78 is 0. The number of benzene rings is 1. The molecule has 1 aromatic carbocycles. The van der Waals surface area contributed by atoms with Gasteiger partial charge in [0.05, 0.1) is 0 Å². The monoisotopic (exact) mass is 237 g/mol. The average Bonchev–Trinajstić information content (AvgIpc) is 2.47. The molecule has 1 aliphatic rings. The number of aromatic nitrogens is 2. The summed E-state index contributed by atoms with van der Waals surface area (Å²) >= 11 is 0. The second-order valence-corrected chi connectivity index (χ2v) is 3.99. The molecule has 0 bridgehead atoms. The molecule has 2 aromatic rings.